The fraction of sp³-hybridized carbons (Fsp3) is 0.545. The van der Waals surface area contributed by atoms with E-state index in [9.17, 15) is 9.59 Å². The Morgan fingerprint density at radius 1 is 1.29 bits per heavy atom. The molecule has 0 radical (unpaired) electrons. The van der Waals surface area contributed by atoms with Crippen LogP contribution in [-0.4, -0.2) is 31.6 Å². The van der Waals surface area contributed by atoms with Crippen LogP contribution in [0.1, 0.15) is 58.4 Å². The Kier molecular flexibility index (Phi) is 6.40. The first-order valence-corrected chi connectivity index (χ1v) is 10.8. The lowest BCUT2D eigenvalue weighted by Crippen LogP contribution is -2.38. The summed E-state index contributed by atoms with van der Waals surface area (Å²) in [7, 11) is 0. The van der Waals surface area contributed by atoms with E-state index in [-0.39, 0.29) is 29.7 Å². The molecule has 1 atom stereocenters. The lowest BCUT2D eigenvalue weighted by molar-refractivity contribution is -0.141. The highest BCUT2D eigenvalue weighted by Crippen LogP contribution is 2.47. The molecule has 3 rings (SSSR count). The van der Waals surface area contributed by atoms with Gasteiger partial charge in [0.05, 0.1) is 12.2 Å². The van der Waals surface area contributed by atoms with Crippen molar-refractivity contribution >= 4 is 23.1 Å². The number of dihydropyridines is 1. The van der Waals surface area contributed by atoms with Crippen molar-refractivity contribution in [3.05, 3.63) is 44.9 Å². The van der Waals surface area contributed by atoms with Crippen LogP contribution in [0.5, 0.6) is 0 Å². The molecule has 1 aromatic rings. The van der Waals surface area contributed by atoms with Crippen molar-refractivity contribution in [1.29, 1.82) is 0 Å². The van der Waals surface area contributed by atoms with Gasteiger partial charge in [-0.25, -0.2) is 4.79 Å². The zero-order valence-corrected chi connectivity index (χ0v) is 17.9. The summed E-state index contributed by atoms with van der Waals surface area (Å²) in [6, 6.07) is 1.99. The van der Waals surface area contributed by atoms with Gasteiger partial charge in [0.1, 0.15) is 6.61 Å². The Morgan fingerprint density at radius 2 is 2.07 bits per heavy atom. The third-order valence-electron chi connectivity index (χ3n) is 5.15. The van der Waals surface area contributed by atoms with Gasteiger partial charge in [0.25, 0.3) is 0 Å². The van der Waals surface area contributed by atoms with E-state index < -0.39 is 0 Å². The molecular weight excluding hydrogens is 374 g/mol. The molecule has 5 nitrogen and oxygen atoms in total. The van der Waals surface area contributed by atoms with Crippen LogP contribution >= 0.6 is 11.3 Å². The number of carbonyl (C=O) groups is 2. The number of nitrogens with one attached hydrogen (secondary N) is 1. The zero-order valence-electron chi connectivity index (χ0n) is 17.1. The molecule has 2 aliphatic rings. The van der Waals surface area contributed by atoms with Gasteiger partial charge in [-0.2, -0.15) is 11.3 Å². The zero-order chi connectivity index (χ0) is 20.3. The van der Waals surface area contributed by atoms with Gasteiger partial charge in [-0.3, -0.25) is 4.79 Å². The first kappa shape index (κ1) is 20.8. The molecular formula is C22H29NO4S. The van der Waals surface area contributed by atoms with Crippen molar-refractivity contribution in [3.63, 3.8) is 0 Å². The first-order valence-electron chi connectivity index (χ1n) is 9.85. The third-order valence-corrected chi connectivity index (χ3v) is 5.85. The summed E-state index contributed by atoms with van der Waals surface area (Å²) in [6.45, 7) is 9.37. The van der Waals surface area contributed by atoms with Gasteiger partial charge in [0.15, 0.2) is 5.78 Å². The summed E-state index contributed by atoms with van der Waals surface area (Å²) in [5.74, 6) is -0.639. The highest BCUT2D eigenvalue weighted by atomic mass is 32.1. The molecule has 1 N–H and O–H groups in total. The quantitative estimate of drug-likeness (QED) is 0.542. The lowest BCUT2D eigenvalue weighted by Gasteiger charge is -2.39. The van der Waals surface area contributed by atoms with Crippen LogP contribution in [0.25, 0.3) is 0 Å². The molecule has 0 unspecified atom stereocenters. The van der Waals surface area contributed by atoms with Crippen molar-refractivity contribution in [2.45, 2.75) is 52.9 Å². The predicted molar refractivity (Wildman–Crippen MR) is 110 cm³/mol. The molecule has 0 fully saturated rings. The highest BCUT2D eigenvalue weighted by molar-refractivity contribution is 7.08. The predicted octanol–water partition coefficient (Wildman–Crippen LogP) is 4.32. The van der Waals surface area contributed by atoms with E-state index in [1.165, 1.54) is 0 Å². The number of ether oxygens (including phenoxy) is 2. The number of ketones is 1. The third kappa shape index (κ3) is 4.39. The second-order valence-corrected chi connectivity index (χ2v) is 9.01. The van der Waals surface area contributed by atoms with E-state index in [0.29, 0.717) is 25.2 Å². The average Bonchev–Trinajstić information content (AvgIpc) is 3.13. The Bertz CT molecular complexity index is 805. The average molecular weight is 404 g/mol. The molecule has 152 valence electrons. The van der Waals surface area contributed by atoms with Gasteiger partial charge in [-0.05, 0) is 47.6 Å². The van der Waals surface area contributed by atoms with E-state index >= 15 is 0 Å². The Labute approximate surface area is 170 Å². The summed E-state index contributed by atoms with van der Waals surface area (Å²) >= 11 is 1.57. The molecule has 28 heavy (non-hydrogen) atoms. The molecule has 0 amide bonds. The first-order chi connectivity index (χ1) is 13.3. The van der Waals surface area contributed by atoms with E-state index in [1.54, 1.807) is 11.3 Å². The van der Waals surface area contributed by atoms with Gasteiger partial charge < -0.3 is 14.8 Å². The molecule has 1 aliphatic heterocycles. The summed E-state index contributed by atoms with van der Waals surface area (Å²) < 4.78 is 10.9. The molecule has 6 heteroatoms. The molecule has 1 aromatic heterocycles. The van der Waals surface area contributed by atoms with Crippen molar-refractivity contribution in [2.75, 3.05) is 19.8 Å². The van der Waals surface area contributed by atoms with Crippen LogP contribution in [0.3, 0.4) is 0 Å². The number of hydrogen-bond donors (Lipinski definition) is 1. The van der Waals surface area contributed by atoms with Crippen molar-refractivity contribution < 1.29 is 19.1 Å². The van der Waals surface area contributed by atoms with E-state index in [0.717, 1.165) is 35.4 Å². The number of rotatable bonds is 7. The van der Waals surface area contributed by atoms with Gasteiger partial charge in [-0.1, -0.05) is 20.8 Å². The number of hydrogen-bond acceptors (Lipinski definition) is 6. The number of carbonyl (C=O) groups excluding carboxylic acids is 2. The van der Waals surface area contributed by atoms with Gasteiger partial charge >= 0.3 is 5.97 Å². The van der Waals surface area contributed by atoms with Crippen LogP contribution in [0.15, 0.2) is 39.4 Å². The van der Waals surface area contributed by atoms with E-state index in [4.69, 9.17) is 9.47 Å². The fourth-order valence-electron chi connectivity index (χ4n) is 4.00. The molecule has 0 spiro atoms. The van der Waals surface area contributed by atoms with Crippen LogP contribution in [-0.2, 0) is 19.1 Å². The lowest BCUT2D eigenvalue weighted by atomic mass is 9.69. The summed E-state index contributed by atoms with van der Waals surface area (Å²) in [5, 5.41) is 7.34. The largest absolute Gasteiger partial charge is 0.460 e. The van der Waals surface area contributed by atoms with Gasteiger partial charge in [-0.15, -0.1) is 0 Å². The Balaban J connectivity index is 1.89. The maximum absolute atomic E-state index is 13.1. The molecule has 1 aliphatic carbocycles. The van der Waals surface area contributed by atoms with Gasteiger partial charge in [0, 0.05) is 35.9 Å². The second-order valence-electron chi connectivity index (χ2n) is 8.23. The number of thiophene rings is 1. The number of allylic oxidation sites excluding steroid dienone is 3. The van der Waals surface area contributed by atoms with Gasteiger partial charge in [0.2, 0.25) is 0 Å². The maximum Gasteiger partial charge on any atom is 0.336 e. The van der Waals surface area contributed by atoms with Crippen molar-refractivity contribution in [3.8, 4) is 0 Å². The van der Waals surface area contributed by atoms with Crippen LogP contribution < -0.4 is 5.32 Å². The van der Waals surface area contributed by atoms with Crippen LogP contribution in [0.4, 0.5) is 0 Å². The second kappa shape index (κ2) is 8.62. The molecule has 0 saturated heterocycles. The maximum atomic E-state index is 13.1. The normalized spacial score (nSPS) is 21.4. The molecule has 2 heterocycles. The van der Waals surface area contributed by atoms with E-state index in [1.807, 2.05) is 30.7 Å². The van der Waals surface area contributed by atoms with Crippen molar-refractivity contribution in [1.82, 2.24) is 5.32 Å². The fourth-order valence-corrected chi connectivity index (χ4v) is 4.68. The standard InChI is InChI=1S/C22H29NO4S/c1-5-7-26-8-9-27-21(25)18-14(2)23-16-11-22(3,4)12-17(24)20(16)19(18)15-6-10-28-13-15/h6,10,13,19,23H,5,7-9,11-12H2,1-4H3/t19-/m1/s1. The highest BCUT2D eigenvalue weighted by Gasteiger charge is 2.43. The minimum absolute atomic E-state index is 0.0863. The summed E-state index contributed by atoms with van der Waals surface area (Å²) in [5.41, 5.74) is 3.84. The van der Waals surface area contributed by atoms with E-state index in [2.05, 4.69) is 19.2 Å². The smallest absolute Gasteiger partial charge is 0.336 e. The molecule has 0 aromatic carbocycles. The Hall–Kier alpha value is -1.92. The van der Waals surface area contributed by atoms with Crippen LogP contribution in [0, 0.1) is 5.41 Å². The molecule has 0 saturated carbocycles. The topological polar surface area (TPSA) is 64.6 Å². The van der Waals surface area contributed by atoms with Crippen molar-refractivity contribution in [2.24, 2.45) is 5.41 Å². The van der Waals surface area contributed by atoms with Crippen LogP contribution in [0.2, 0.25) is 0 Å². The SMILES string of the molecule is CCCOCCOC(=O)C1=C(C)NC2=C(C(=O)CC(C)(C)C2)[C@@H]1c1ccsc1. The monoisotopic (exact) mass is 403 g/mol. The molecule has 0 bridgehead atoms. The number of Topliss-reactive ketones (excluding diaryl/α,β-unsaturated/α-hetero) is 1. The summed E-state index contributed by atoms with van der Waals surface area (Å²) in [6.07, 6.45) is 2.21. The minimum Gasteiger partial charge on any atom is -0.460 e. The minimum atomic E-state index is -0.384. The summed E-state index contributed by atoms with van der Waals surface area (Å²) in [4.78, 5) is 26.0. The number of esters is 1. The Morgan fingerprint density at radius 3 is 2.75 bits per heavy atom.